The van der Waals surface area contributed by atoms with Crippen LogP contribution in [0.15, 0.2) is 12.1 Å². The van der Waals surface area contributed by atoms with Crippen molar-refractivity contribution >= 4 is 17.4 Å². The summed E-state index contributed by atoms with van der Waals surface area (Å²) >= 11 is 0. The summed E-state index contributed by atoms with van der Waals surface area (Å²) in [4.78, 5) is 16.8. The van der Waals surface area contributed by atoms with Gasteiger partial charge in [0.15, 0.2) is 11.5 Å². The predicted octanol–water partition coefficient (Wildman–Crippen LogP) is 0.742. The summed E-state index contributed by atoms with van der Waals surface area (Å²) in [7, 11) is 0. The third-order valence-corrected chi connectivity index (χ3v) is 5.85. The molecule has 4 rings (SSSR count). The third-order valence-electron chi connectivity index (χ3n) is 5.85. The van der Waals surface area contributed by atoms with Crippen LogP contribution in [0.25, 0.3) is 5.65 Å². The molecule has 0 aliphatic carbocycles. The molecule has 9 heteroatoms. The summed E-state index contributed by atoms with van der Waals surface area (Å²) in [6.45, 7) is 9.32. The molecule has 9 nitrogen and oxygen atoms in total. The number of nitrogens with zero attached hydrogens (tertiary/aromatic N) is 6. The minimum atomic E-state index is 0.0381. The summed E-state index contributed by atoms with van der Waals surface area (Å²) in [6.07, 6.45) is 3.30. The van der Waals surface area contributed by atoms with Gasteiger partial charge in [-0.2, -0.15) is 4.52 Å². The molecule has 0 spiro atoms. The highest BCUT2D eigenvalue weighted by atomic mass is 16.5. The fraction of sp³-hybridized carbons (Fsp3) is 0.700. The summed E-state index contributed by atoms with van der Waals surface area (Å²) in [5.74, 6) is 2.51. The molecule has 158 valence electrons. The monoisotopic (exact) mass is 401 g/mol. The van der Waals surface area contributed by atoms with Gasteiger partial charge in [-0.1, -0.05) is 6.92 Å². The van der Waals surface area contributed by atoms with Gasteiger partial charge in [0.1, 0.15) is 5.82 Å². The lowest BCUT2D eigenvalue weighted by Crippen LogP contribution is -2.41. The number of piperidine rings is 1. The Bertz CT molecular complexity index is 810. The molecule has 2 saturated heterocycles. The van der Waals surface area contributed by atoms with E-state index >= 15 is 0 Å². The van der Waals surface area contributed by atoms with Crippen LogP contribution in [-0.4, -0.2) is 83.1 Å². The van der Waals surface area contributed by atoms with Gasteiger partial charge in [0.05, 0.1) is 13.2 Å². The van der Waals surface area contributed by atoms with Crippen molar-refractivity contribution < 1.29 is 9.53 Å². The zero-order valence-electron chi connectivity index (χ0n) is 17.2. The van der Waals surface area contributed by atoms with Gasteiger partial charge in [0.2, 0.25) is 5.91 Å². The van der Waals surface area contributed by atoms with E-state index in [1.54, 1.807) is 4.52 Å². The van der Waals surface area contributed by atoms with Crippen molar-refractivity contribution in [3.05, 3.63) is 18.0 Å². The first kappa shape index (κ1) is 20.0. The summed E-state index contributed by atoms with van der Waals surface area (Å²) < 4.78 is 7.13. The van der Waals surface area contributed by atoms with Crippen molar-refractivity contribution in [2.24, 2.45) is 5.92 Å². The number of morpholine rings is 1. The molecule has 2 aliphatic rings. The van der Waals surface area contributed by atoms with Gasteiger partial charge < -0.3 is 15.0 Å². The summed E-state index contributed by atoms with van der Waals surface area (Å²) in [5.41, 5.74) is 0.724. The summed E-state index contributed by atoms with van der Waals surface area (Å²) in [6, 6.07) is 3.97. The number of aryl methyl sites for hydroxylation is 1. The molecule has 0 atom stereocenters. The molecule has 0 aromatic carbocycles. The molecule has 0 saturated carbocycles. The highest BCUT2D eigenvalue weighted by molar-refractivity contribution is 5.76. The van der Waals surface area contributed by atoms with Crippen LogP contribution >= 0.6 is 0 Å². The first-order valence-electron chi connectivity index (χ1n) is 10.7. The standard InChI is InChI=1S/C20H31N7O2/c1-16-6-9-26(10-7-16)19-3-2-17-22-23-18(27(17)24-19)4-5-20(28)21-8-11-25-12-14-29-15-13-25/h2-3,16H,4-15H2,1H3,(H,21,28). The Balaban J connectivity index is 1.29. The van der Waals surface area contributed by atoms with Gasteiger partial charge >= 0.3 is 0 Å². The number of nitrogens with one attached hydrogen (secondary N) is 1. The molecule has 4 heterocycles. The molecule has 1 N–H and O–H groups in total. The van der Waals surface area contributed by atoms with Gasteiger partial charge in [-0.25, -0.2) is 0 Å². The topological polar surface area (TPSA) is 87.9 Å². The lowest BCUT2D eigenvalue weighted by atomic mass is 9.99. The average molecular weight is 402 g/mol. The first-order chi connectivity index (χ1) is 14.2. The van der Waals surface area contributed by atoms with Crippen LogP contribution < -0.4 is 10.2 Å². The van der Waals surface area contributed by atoms with E-state index in [0.29, 0.717) is 19.4 Å². The Hall–Kier alpha value is -2.26. The van der Waals surface area contributed by atoms with Gasteiger partial charge in [-0.3, -0.25) is 9.69 Å². The number of anilines is 1. The number of carbonyl (C=O) groups excluding carboxylic acids is 1. The van der Waals surface area contributed by atoms with Crippen molar-refractivity contribution in [1.29, 1.82) is 0 Å². The van der Waals surface area contributed by atoms with Crippen LogP contribution in [0, 0.1) is 5.92 Å². The Morgan fingerprint density at radius 3 is 2.76 bits per heavy atom. The molecular weight excluding hydrogens is 370 g/mol. The molecule has 1 amide bonds. The number of rotatable bonds is 7. The Labute approximate surface area is 171 Å². The fourth-order valence-corrected chi connectivity index (χ4v) is 3.88. The number of amides is 1. The van der Waals surface area contributed by atoms with Crippen molar-refractivity contribution in [2.45, 2.75) is 32.6 Å². The van der Waals surface area contributed by atoms with Gasteiger partial charge in [-0.05, 0) is 30.9 Å². The van der Waals surface area contributed by atoms with E-state index in [-0.39, 0.29) is 5.91 Å². The Morgan fingerprint density at radius 1 is 1.17 bits per heavy atom. The second-order valence-electron chi connectivity index (χ2n) is 8.05. The van der Waals surface area contributed by atoms with Gasteiger partial charge in [0.25, 0.3) is 0 Å². The van der Waals surface area contributed by atoms with Crippen molar-refractivity contribution in [3.63, 3.8) is 0 Å². The maximum Gasteiger partial charge on any atom is 0.220 e. The molecule has 2 aromatic heterocycles. The molecule has 29 heavy (non-hydrogen) atoms. The Morgan fingerprint density at radius 2 is 1.97 bits per heavy atom. The molecular formula is C20H31N7O2. The van der Waals surface area contributed by atoms with Crippen molar-refractivity contribution in [3.8, 4) is 0 Å². The maximum atomic E-state index is 12.2. The molecule has 2 fully saturated rings. The van der Waals surface area contributed by atoms with Crippen LogP contribution in [0.2, 0.25) is 0 Å². The number of carbonyl (C=O) groups is 1. The molecule has 2 aliphatic heterocycles. The van der Waals surface area contributed by atoms with Crippen LogP contribution in [0.3, 0.4) is 0 Å². The van der Waals surface area contributed by atoms with Crippen LogP contribution in [0.4, 0.5) is 5.82 Å². The lowest BCUT2D eigenvalue weighted by molar-refractivity contribution is -0.121. The van der Waals surface area contributed by atoms with E-state index in [9.17, 15) is 4.79 Å². The van der Waals surface area contributed by atoms with E-state index in [0.717, 1.165) is 69.1 Å². The van der Waals surface area contributed by atoms with Gasteiger partial charge in [0, 0.05) is 52.1 Å². The maximum absolute atomic E-state index is 12.2. The quantitative estimate of drug-likeness (QED) is 0.732. The van der Waals surface area contributed by atoms with Gasteiger partial charge in [-0.15, -0.1) is 15.3 Å². The van der Waals surface area contributed by atoms with E-state index < -0.39 is 0 Å². The van der Waals surface area contributed by atoms with E-state index in [1.165, 1.54) is 12.8 Å². The minimum absolute atomic E-state index is 0.0381. The smallest absolute Gasteiger partial charge is 0.220 e. The highest BCUT2D eigenvalue weighted by Crippen LogP contribution is 2.21. The van der Waals surface area contributed by atoms with E-state index in [1.807, 2.05) is 12.1 Å². The second-order valence-corrected chi connectivity index (χ2v) is 8.05. The zero-order chi connectivity index (χ0) is 20.1. The molecule has 2 aromatic rings. The zero-order valence-corrected chi connectivity index (χ0v) is 17.2. The van der Waals surface area contributed by atoms with E-state index in [2.05, 4.69) is 32.2 Å². The SMILES string of the molecule is CC1CCN(c2ccc3nnc(CCC(=O)NCCN4CCOCC4)n3n2)CC1. The number of ether oxygens (including phenoxy) is 1. The largest absolute Gasteiger partial charge is 0.379 e. The fourth-order valence-electron chi connectivity index (χ4n) is 3.88. The Kier molecular flexibility index (Phi) is 6.56. The molecule has 0 bridgehead atoms. The van der Waals surface area contributed by atoms with Crippen LogP contribution in [-0.2, 0) is 16.0 Å². The van der Waals surface area contributed by atoms with Crippen LogP contribution in [0.5, 0.6) is 0 Å². The second kappa shape index (κ2) is 9.49. The summed E-state index contributed by atoms with van der Waals surface area (Å²) in [5, 5.41) is 16.2. The van der Waals surface area contributed by atoms with Crippen molar-refractivity contribution in [1.82, 2.24) is 30.0 Å². The molecule has 0 unspecified atom stereocenters. The number of hydrogen-bond acceptors (Lipinski definition) is 7. The van der Waals surface area contributed by atoms with Crippen LogP contribution in [0.1, 0.15) is 32.0 Å². The number of aromatic nitrogens is 4. The first-order valence-corrected chi connectivity index (χ1v) is 10.7. The minimum Gasteiger partial charge on any atom is -0.379 e. The normalized spacial score (nSPS) is 19.0. The average Bonchev–Trinajstić information content (AvgIpc) is 3.16. The van der Waals surface area contributed by atoms with E-state index in [4.69, 9.17) is 9.84 Å². The predicted molar refractivity (Wildman–Crippen MR) is 110 cm³/mol. The highest BCUT2D eigenvalue weighted by Gasteiger charge is 2.18. The molecule has 0 radical (unpaired) electrons. The number of hydrogen-bond donors (Lipinski definition) is 1. The third kappa shape index (κ3) is 5.22. The lowest BCUT2D eigenvalue weighted by Gasteiger charge is -2.30. The van der Waals surface area contributed by atoms with Crippen molar-refractivity contribution in [2.75, 3.05) is 57.4 Å². The number of fused-ring (bicyclic) bond motifs is 1.